The van der Waals surface area contributed by atoms with Gasteiger partial charge in [0.25, 0.3) is 0 Å². The van der Waals surface area contributed by atoms with E-state index in [1.165, 1.54) is 38.5 Å². The first kappa shape index (κ1) is 23.1. The highest BCUT2D eigenvalue weighted by Gasteiger charge is 2.63. The van der Waals surface area contributed by atoms with Crippen molar-refractivity contribution in [2.24, 2.45) is 50.7 Å². The fourth-order valence-electron chi connectivity index (χ4n) is 10.8. The number of Topliss-reactive ketones (excluding diaryl/α,β-unsaturated/α-hetero) is 1. The summed E-state index contributed by atoms with van der Waals surface area (Å²) in [4.78, 5) is 12.9. The summed E-state index contributed by atoms with van der Waals surface area (Å²) in [5.41, 5.74) is 2.58. The summed E-state index contributed by atoms with van der Waals surface area (Å²) in [6.45, 7) is 16.9. The number of fused-ring (bicyclic) bond motifs is 6. The van der Waals surface area contributed by atoms with E-state index in [1.54, 1.807) is 5.57 Å². The van der Waals surface area contributed by atoms with E-state index in [4.69, 9.17) is 0 Å². The fourth-order valence-corrected chi connectivity index (χ4v) is 10.8. The van der Waals surface area contributed by atoms with Crippen LogP contribution < -0.4 is 0 Å². The number of hydrogen-bond donors (Lipinski definition) is 1. The van der Waals surface area contributed by atoms with Crippen LogP contribution >= 0.6 is 0 Å². The Morgan fingerprint density at radius 1 is 0.812 bits per heavy atom. The summed E-state index contributed by atoms with van der Waals surface area (Å²) < 4.78 is 0. The van der Waals surface area contributed by atoms with E-state index in [0.29, 0.717) is 39.8 Å². The highest BCUT2D eigenvalue weighted by Crippen LogP contribution is 2.69. The Kier molecular flexibility index (Phi) is 5.03. The summed E-state index contributed by atoms with van der Waals surface area (Å²) in [7, 11) is 0. The summed E-state index contributed by atoms with van der Waals surface area (Å²) >= 11 is 0. The predicted octanol–water partition coefficient (Wildman–Crippen LogP) is 7.35. The van der Waals surface area contributed by atoms with E-state index in [-0.39, 0.29) is 16.9 Å². The molecule has 0 heterocycles. The van der Waals surface area contributed by atoms with Gasteiger partial charge in [0.2, 0.25) is 0 Å². The number of allylic oxidation sites excluding steroid dienone is 2. The second kappa shape index (κ2) is 6.96. The van der Waals surface area contributed by atoms with Gasteiger partial charge in [0.1, 0.15) is 5.78 Å². The van der Waals surface area contributed by atoms with Gasteiger partial charge in [0.05, 0.1) is 6.10 Å². The summed E-state index contributed by atoms with van der Waals surface area (Å²) in [5, 5.41) is 10.8. The zero-order valence-electron chi connectivity index (χ0n) is 21.9. The first-order chi connectivity index (χ1) is 14.8. The number of hydrogen-bond acceptors (Lipinski definition) is 2. The average Bonchev–Trinajstić information content (AvgIpc) is 2.86. The minimum atomic E-state index is -0.164. The lowest BCUT2D eigenvalue weighted by Gasteiger charge is -2.62. The van der Waals surface area contributed by atoms with E-state index in [0.717, 1.165) is 31.6 Å². The van der Waals surface area contributed by atoms with Crippen molar-refractivity contribution < 1.29 is 9.90 Å². The topological polar surface area (TPSA) is 37.3 Å². The Balaban J connectivity index is 1.51. The van der Waals surface area contributed by atoms with Crippen LogP contribution in [-0.4, -0.2) is 17.0 Å². The molecule has 4 fully saturated rings. The van der Waals surface area contributed by atoms with Crippen molar-refractivity contribution in [2.45, 2.75) is 119 Å². The smallest absolute Gasteiger partial charge is 0.138 e. The highest BCUT2D eigenvalue weighted by atomic mass is 16.3. The summed E-state index contributed by atoms with van der Waals surface area (Å²) in [5.74, 6) is 3.02. The maximum absolute atomic E-state index is 12.9. The van der Waals surface area contributed by atoms with E-state index in [2.05, 4.69) is 54.5 Å². The van der Waals surface area contributed by atoms with Crippen LogP contribution in [0, 0.1) is 50.7 Å². The zero-order valence-corrected chi connectivity index (χ0v) is 21.9. The third kappa shape index (κ3) is 2.89. The molecule has 0 saturated heterocycles. The summed E-state index contributed by atoms with van der Waals surface area (Å²) in [6.07, 6.45) is 14.0. The van der Waals surface area contributed by atoms with E-state index in [9.17, 15) is 9.90 Å². The predicted molar refractivity (Wildman–Crippen MR) is 131 cm³/mol. The fraction of sp³-hybridized carbons (Fsp3) is 0.900. The molecule has 0 spiro atoms. The molecule has 4 saturated carbocycles. The number of aliphatic hydroxyl groups is 1. The van der Waals surface area contributed by atoms with Crippen molar-refractivity contribution in [3.8, 4) is 0 Å². The van der Waals surface area contributed by atoms with E-state index >= 15 is 0 Å². The molecule has 180 valence electrons. The van der Waals surface area contributed by atoms with Gasteiger partial charge in [-0.2, -0.15) is 0 Å². The zero-order chi connectivity index (χ0) is 23.3. The van der Waals surface area contributed by atoms with Crippen molar-refractivity contribution in [2.75, 3.05) is 0 Å². The number of carbonyl (C=O) groups excluding carboxylic acids is 1. The van der Waals surface area contributed by atoms with Gasteiger partial charge in [-0.3, -0.25) is 4.79 Å². The van der Waals surface area contributed by atoms with Crippen LogP contribution in [0.4, 0.5) is 0 Å². The maximum atomic E-state index is 12.9. The molecular weight excluding hydrogens is 392 g/mol. The molecule has 5 aliphatic carbocycles. The Morgan fingerprint density at radius 2 is 1.53 bits per heavy atom. The van der Waals surface area contributed by atoms with Gasteiger partial charge >= 0.3 is 0 Å². The number of carbonyl (C=O) groups is 1. The molecule has 32 heavy (non-hydrogen) atoms. The minimum absolute atomic E-state index is 0.00280. The molecule has 0 aromatic heterocycles. The lowest BCUT2D eigenvalue weighted by molar-refractivity contribution is -0.159. The second-order valence-corrected chi connectivity index (χ2v) is 14.7. The average molecular weight is 441 g/mol. The molecule has 0 aromatic rings. The molecule has 5 rings (SSSR count). The molecule has 0 amide bonds. The Hall–Kier alpha value is -0.630. The quantitative estimate of drug-likeness (QED) is 0.400. The maximum Gasteiger partial charge on any atom is 0.138 e. The third-order valence-corrected chi connectivity index (χ3v) is 12.6. The molecule has 0 unspecified atom stereocenters. The first-order valence-corrected chi connectivity index (χ1v) is 13.7. The molecule has 1 N–H and O–H groups in total. The van der Waals surface area contributed by atoms with Crippen LogP contribution in [0.2, 0.25) is 0 Å². The van der Waals surface area contributed by atoms with Gasteiger partial charge in [-0.05, 0) is 103 Å². The molecule has 2 nitrogen and oxygen atoms in total. The molecule has 5 aliphatic rings. The van der Waals surface area contributed by atoms with Gasteiger partial charge in [0, 0.05) is 11.8 Å². The molecule has 2 heteroatoms. The number of aliphatic hydroxyl groups excluding tert-OH is 1. The molecule has 0 aromatic carbocycles. The molecule has 0 aliphatic heterocycles. The van der Waals surface area contributed by atoms with Gasteiger partial charge in [-0.1, -0.05) is 60.1 Å². The van der Waals surface area contributed by atoms with Gasteiger partial charge in [-0.15, -0.1) is 0 Å². The minimum Gasteiger partial charge on any atom is -0.393 e. The third-order valence-electron chi connectivity index (χ3n) is 12.6. The lowest BCUT2D eigenvalue weighted by atomic mass is 9.42. The normalized spacial score (nSPS) is 51.9. The highest BCUT2D eigenvalue weighted by molar-refractivity contribution is 5.85. The monoisotopic (exact) mass is 440 g/mol. The van der Waals surface area contributed by atoms with Crippen molar-refractivity contribution in [3.05, 3.63) is 11.6 Å². The largest absolute Gasteiger partial charge is 0.393 e. The van der Waals surface area contributed by atoms with Crippen LogP contribution in [0.3, 0.4) is 0 Å². The van der Waals surface area contributed by atoms with Gasteiger partial charge in [-0.25, -0.2) is 0 Å². The SMILES string of the molecule is CC1(C)C(=O)CC[C@]2(C)[C@@H]3CC[C@H]4C(=CC[C@H]5C(C)(C)[C@H](O)CC[C@]45C)C[C@]3(C)CC[C@@H]12. The number of ketones is 1. The van der Waals surface area contributed by atoms with Crippen molar-refractivity contribution in [1.82, 2.24) is 0 Å². The molecule has 8 atom stereocenters. The summed E-state index contributed by atoms with van der Waals surface area (Å²) in [6, 6.07) is 0. The van der Waals surface area contributed by atoms with Gasteiger partial charge < -0.3 is 5.11 Å². The van der Waals surface area contributed by atoms with Crippen LogP contribution in [0.1, 0.15) is 113 Å². The molecule has 0 radical (unpaired) electrons. The Morgan fingerprint density at radius 3 is 2.25 bits per heavy atom. The Labute approximate surface area is 197 Å². The van der Waals surface area contributed by atoms with Crippen LogP contribution in [0.15, 0.2) is 11.6 Å². The van der Waals surface area contributed by atoms with Gasteiger partial charge in [0.15, 0.2) is 0 Å². The molecular formula is C30H48O2. The van der Waals surface area contributed by atoms with E-state index < -0.39 is 0 Å². The number of rotatable bonds is 0. The van der Waals surface area contributed by atoms with E-state index in [1.807, 2.05) is 0 Å². The van der Waals surface area contributed by atoms with Crippen LogP contribution in [-0.2, 0) is 4.79 Å². The Bertz CT molecular complexity index is 836. The van der Waals surface area contributed by atoms with Crippen molar-refractivity contribution in [3.63, 3.8) is 0 Å². The van der Waals surface area contributed by atoms with Crippen LogP contribution in [0.5, 0.6) is 0 Å². The molecule has 0 bridgehead atoms. The first-order valence-electron chi connectivity index (χ1n) is 13.7. The standard InChI is InChI=1S/C30H48O2/c1-26(2)21-10-8-19-18-28(5)15-12-22-27(3,4)25(32)14-17-30(22,7)23(28)11-9-20(19)29(21,6)16-13-24(26)31/h8,20-24,31H,9-18H2,1-7H3/t20-,21-,22-,23+,24+,28-,29+,30-/m0/s1. The van der Waals surface area contributed by atoms with Crippen LogP contribution in [0.25, 0.3) is 0 Å². The second-order valence-electron chi connectivity index (χ2n) is 14.7. The van der Waals surface area contributed by atoms with Crippen molar-refractivity contribution in [1.29, 1.82) is 0 Å². The lowest BCUT2D eigenvalue weighted by Crippen LogP contribution is -2.57. The van der Waals surface area contributed by atoms with Crippen molar-refractivity contribution >= 4 is 5.78 Å².